The number of allylic oxidation sites excluding steroid dienone is 1. The molecule has 0 rings (SSSR count). The summed E-state index contributed by atoms with van der Waals surface area (Å²) in [6.45, 7) is 3.54. The maximum Gasteiger partial charge on any atom is 0.133 e. The Morgan fingerprint density at radius 2 is 2.00 bits per heavy atom. The van der Waals surface area contributed by atoms with Crippen molar-refractivity contribution in [1.82, 2.24) is 0 Å². The first-order chi connectivity index (χ1) is 4.85. The smallest absolute Gasteiger partial charge is 0.133 e. The molecule has 0 saturated heterocycles. The molecule has 0 aliphatic carbocycles. The predicted octanol–water partition coefficient (Wildman–Crippen LogP) is 2.01. The van der Waals surface area contributed by atoms with Crippen LogP contribution < -0.4 is 0 Å². The van der Waals surface area contributed by atoms with Crippen molar-refractivity contribution in [1.29, 1.82) is 10.5 Å². The molecule has 0 aliphatic heterocycles. The second-order valence-corrected chi connectivity index (χ2v) is 2.03. The molecule has 0 aromatic rings. The lowest BCUT2D eigenvalue weighted by Gasteiger charge is -1.94. The summed E-state index contributed by atoms with van der Waals surface area (Å²) in [4.78, 5) is 0. The quantitative estimate of drug-likeness (QED) is 0.436. The highest BCUT2D eigenvalue weighted by atomic mass is 14.3. The van der Waals surface area contributed by atoms with Gasteiger partial charge in [-0.3, -0.25) is 0 Å². The van der Waals surface area contributed by atoms with Crippen molar-refractivity contribution < 1.29 is 0 Å². The largest absolute Gasteiger partial charge is 0.197 e. The van der Waals surface area contributed by atoms with Gasteiger partial charge in [0.2, 0.25) is 0 Å². The maximum absolute atomic E-state index is 8.33. The first-order valence-electron chi connectivity index (χ1n) is 3.25. The summed E-state index contributed by atoms with van der Waals surface area (Å²) in [7, 11) is 0. The summed E-state index contributed by atoms with van der Waals surface area (Å²) in [6.07, 6.45) is 4.24. The maximum atomic E-state index is 8.33. The van der Waals surface area contributed by atoms with E-state index in [1.165, 1.54) is 0 Å². The molecule has 2 nitrogen and oxygen atoms in total. The molecule has 2 heteroatoms. The zero-order valence-corrected chi connectivity index (χ0v) is 5.88. The van der Waals surface area contributed by atoms with E-state index in [2.05, 4.69) is 6.58 Å². The molecule has 0 unspecified atom stereocenters. The summed E-state index contributed by atoms with van der Waals surface area (Å²) < 4.78 is 0. The summed E-state index contributed by atoms with van der Waals surface area (Å²) in [5, 5.41) is 16.7. The van der Waals surface area contributed by atoms with Crippen molar-refractivity contribution in [3.8, 4) is 12.1 Å². The van der Waals surface area contributed by atoms with Gasteiger partial charge < -0.3 is 0 Å². The molecule has 0 fully saturated rings. The number of nitrogens with zero attached hydrogens (tertiary/aromatic N) is 2. The monoisotopic (exact) mass is 134 g/mol. The Morgan fingerprint density at radius 1 is 1.40 bits per heavy atom. The van der Waals surface area contributed by atoms with Crippen LogP contribution in [-0.4, -0.2) is 0 Å². The molecule has 0 aliphatic rings. The van der Waals surface area contributed by atoms with E-state index in [1.54, 1.807) is 6.08 Å². The molecular weight excluding hydrogens is 124 g/mol. The molecule has 0 saturated carbocycles. The summed E-state index contributed by atoms with van der Waals surface area (Å²) in [6, 6.07) is 3.83. The van der Waals surface area contributed by atoms with Crippen LogP contribution in [0.5, 0.6) is 0 Å². The zero-order chi connectivity index (χ0) is 7.82. The van der Waals surface area contributed by atoms with Gasteiger partial charge >= 0.3 is 0 Å². The van der Waals surface area contributed by atoms with E-state index in [4.69, 9.17) is 10.5 Å². The van der Waals surface area contributed by atoms with Gasteiger partial charge in [-0.15, -0.1) is 6.58 Å². The Kier molecular flexibility index (Phi) is 5.10. The SMILES string of the molecule is C=CCCCC(C#N)C#N. The van der Waals surface area contributed by atoms with Crippen LogP contribution in [0, 0.1) is 28.6 Å². The summed E-state index contributed by atoms with van der Waals surface area (Å²) >= 11 is 0. The Bertz CT molecular complexity index is 157. The molecule has 0 amide bonds. The minimum Gasteiger partial charge on any atom is -0.197 e. The Hall–Kier alpha value is -1.28. The van der Waals surface area contributed by atoms with Crippen LogP contribution in [0.3, 0.4) is 0 Å². The topological polar surface area (TPSA) is 47.6 Å². The van der Waals surface area contributed by atoms with Crippen LogP contribution >= 0.6 is 0 Å². The number of unbranched alkanes of at least 4 members (excludes halogenated alkanes) is 1. The molecule has 0 aromatic heterocycles. The molecule has 0 radical (unpaired) electrons. The number of nitriles is 2. The van der Waals surface area contributed by atoms with E-state index in [-0.39, 0.29) is 0 Å². The fraction of sp³-hybridized carbons (Fsp3) is 0.500. The van der Waals surface area contributed by atoms with E-state index in [1.807, 2.05) is 12.1 Å². The van der Waals surface area contributed by atoms with Gasteiger partial charge in [0.25, 0.3) is 0 Å². The van der Waals surface area contributed by atoms with Crippen LogP contribution in [0.4, 0.5) is 0 Å². The van der Waals surface area contributed by atoms with E-state index < -0.39 is 5.92 Å². The van der Waals surface area contributed by atoms with Crippen molar-refractivity contribution in [2.45, 2.75) is 19.3 Å². The highest BCUT2D eigenvalue weighted by Gasteiger charge is 2.02. The lowest BCUT2D eigenvalue weighted by molar-refractivity contribution is 0.680. The van der Waals surface area contributed by atoms with Gasteiger partial charge in [-0.1, -0.05) is 6.08 Å². The second-order valence-electron chi connectivity index (χ2n) is 2.03. The molecule has 0 bridgehead atoms. The molecule has 0 aromatic carbocycles. The Morgan fingerprint density at radius 3 is 2.40 bits per heavy atom. The van der Waals surface area contributed by atoms with Gasteiger partial charge in [0.1, 0.15) is 5.92 Å². The summed E-state index contributed by atoms with van der Waals surface area (Å²) in [5.41, 5.74) is 0. The Labute approximate surface area is 61.4 Å². The first-order valence-corrected chi connectivity index (χ1v) is 3.25. The van der Waals surface area contributed by atoms with E-state index >= 15 is 0 Å². The van der Waals surface area contributed by atoms with Crippen molar-refractivity contribution >= 4 is 0 Å². The second kappa shape index (κ2) is 5.85. The fourth-order valence-corrected chi connectivity index (χ4v) is 0.624. The van der Waals surface area contributed by atoms with Gasteiger partial charge in [-0.25, -0.2) is 0 Å². The van der Waals surface area contributed by atoms with Crippen LogP contribution in [0.1, 0.15) is 19.3 Å². The number of hydrogen-bond acceptors (Lipinski definition) is 2. The molecule has 52 valence electrons. The van der Waals surface area contributed by atoms with Crippen LogP contribution in [0.15, 0.2) is 12.7 Å². The Balaban J connectivity index is 3.40. The third-order valence-corrected chi connectivity index (χ3v) is 1.21. The van der Waals surface area contributed by atoms with Crippen LogP contribution in [0.25, 0.3) is 0 Å². The molecule has 0 heterocycles. The lowest BCUT2D eigenvalue weighted by atomic mass is 10.1. The van der Waals surface area contributed by atoms with Gasteiger partial charge in [-0.2, -0.15) is 10.5 Å². The molecule has 0 N–H and O–H groups in total. The average molecular weight is 134 g/mol. The fourth-order valence-electron chi connectivity index (χ4n) is 0.624. The van der Waals surface area contributed by atoms with Crippen molar-refractivity contribution in [2.24, 2.45) is 5.92 Å². The molecule has 10 heavy (non-hydrogen) atoms. The van der Waals surface area contributed by atoms with Crippen molar-refractivity contribution in [3.63, 3.8) is 0 Å². The van der Waals surface area contributed by atoms with Crippen LogP contribution in [-0.2, 0) is 0 Å². The van der Waals surface area contributed by atoms with E-state index in [9.17, 15) is 0 Å². The van der Waals surface area contributed by atoms with E-state index in [0.717, 1.165) is 12.8 Å². The minimum absolute atomic E-state index is 0.431. The average Bonchev–Trinajstić information content (AvgIpc) is 1.99. The van der Waals surface area contributed by atoms with Gasteiger partial charge in [0.15, 0.2) is 0 Å². The predicted molar refractivity (Wildman–Crippen MR) is 38.8 cm³/mol. The molecule has 0 spiro atoms. The lowest BCUT2D eigenvalue weighted by Crippen LogP contribution is -1.91. The van der Waals surface area contributed by atoms with Gasteiger partial charge in [0, 0.05) is 0 Å². The third kappa shape index (κ3) is 3.69. The molecule has 0 atom stereocenters. The van der Waals surface area contributed by atoms with E-state index in [0.29, 0.717) is 6.42 Å². The molecular formula is C8H10N2. The van der Waals surface area contributed by atoms with Crippen molar-refractivity contribution in [3.05, 3.63) is 12.7 Å². The number of hydrogen-bond donors (Lipinski definition) is 0. The normalized spacial score (nSPS) is 8.30. The number of rotatable bonds is 4. The van der Waals surface area contributed by atoms with Crippen LogP contribution in [0.2, 0.25) is 0 Å². The highest BCUT2D eigenvalue weighted by molar-refractivity contribution is 4.98. The summed E-state index contributed by atoms with van der Waals surface area (Å²) in [5.74, 6) is -0.431. The highest BCUT2D eigenvalue weighted by Crippen LogP contribution is 2.05. The first kappa shape index (κ1) is 8.72. The van der Waals surface area contributed by atoms with Gasteiger partial charge in [-0.05, 0) is 19.3 Å². The van der Waals surface area contributed by atoms with Gasteiger partial charge in [0.05, 0.1) is 12.1 Å². The van der Waals surface area contributed by atoms with Crippen molar-refractivity contribution in [2.75, 3.05) is 0 Å². The standard InChI is InChI=1S/C8H10N2/c1-2-3-4-5-8(6-9)7-10/h2,8H,1,3-5H2. The zero-order valence-electron chi connectivity index (χ0n) is 5.88. The minimum atomic E-state index is -0.431. The third-order valence-electron chi connectivity index (χ3n) is 1.21.